The number of nitrogens with zero attached hydrogens (tertiary/aromatic N) is 3. The van der Waals surface area contributed by atoms with E-state index in [0.29, 0.717) is 12.5 Å². The molecule has 1 saturated heterocycles. The Hall–Kier alpha value is -0.630. The molecule has 104 valence electrons. The van der Waals surface area contributed by atoms with Gasteiger partial charge in [-0.25, -0.2) is 0 Å². The number of hydrogen-bond donors (Lipinski definition) is 0. The van der Waals surface area contributed by atoms with Crippen LogP contribution in [0.5, 0.6) is 0 Å². The number of unbranched alkanes of at least 4 members (excludes halogenated alkanes) is 2. The van der Waals surface area contributed by atoms with Crippen molar-refractivity contribution in [3.8, 4) is 6.07 Å². The summed E-state index contributed by atoms with van der Waals surface area (Å²) >= 11 is 0. The maximum absolute atomic E-state index is 8.50. The molecule has 0 amide bonds. The molecule has 0 spiro atoms. The van der Waals surface area contributed by atoms with E-state index in [1.807, 2.05) is 6.92 Å². The number of rotatable bonds is 8. The smallest absolute Gasteiger partial charge is 0.0621 e. The van der Waals surface area contributed by atoms with Crippen LogP contribution in [0.2, 0.25) is 0 Å². The van der Waals surface area contributed by atoms with Crippen molar-refractivity contribution in [1.29, 1.82) is 5.26 Å². The van der Waals surface area contributed by atoms with Crippen molar-refractivity contribution in [3.63, 3.8) is 0 Å². The summed E-state index contributed by atoms with van der Waals surface area (Å²) in [5.41, 5.74) is 0. The summed E-state index contributed by atoms with van der Waals surface area (Å²) in [5, 5.41) is 8.50. The molecule has 0 saturated carbocycles. The highest BCUT2D eigenvalue weighted by Crippen LogP contribution is 2.10. The van der Waals surface area contributed by atoms with E-state index in [0.717, 1.165) is 58.8 Å². The Morgan fingerprint density at radius 2 is 2.11 bits per heavy atom. The van der Waals surface area contributed by atoms with Gasteiger partial charge in [0.15, 0.2) is 0 Å². The molecule has 0 aliphatic carbocycles. The third kappa shape index (κ3) is 5.81. The summed E-state index contributed by atoms with van der Waals surface area (Å²) < 4.78 is 5.42. The van der Waals surface area contributed by atoms with Crippen molar-refractivity contribution in [3.05, 3.63) is 0 Å². The second kappa shape index (κ2) is 9.32. The second-order valence-electron chi connectivity index (χ2n) is 5.00. The van der Waals surface area contributed by atoms with Gasteiger partial charge >= 0.3 is 0 Å². The molecule has 0 N–H and O–H groups in total. The first-order valence-electron chi connectivity index (χ1n) is 7.19. The van der Waals surface area contributed by atoms with E-state index in [9.17, 15) is 0 Å². The molecule has 18 heavy (non-hydrogen) atoms. The van der Waals surface area contributed by atoms with Crippen LogP contribution >= 0.6 is 0 Å². The zero-order valence-corrected chi connectivity index (χ0v) is 11.9. The fourth-order valence-corrected chi connectivity index (χ4v) is 2.47. The highest BCUT2D eigenvalue weighted by Gasteiger charge is 2.22. The normalized spacial score (nSPS) is 21.9. The largest absolute Gasteiger partial charge is 0.380 e. The van der Waals surface area contributed by atoms with Crippen LogP contribution in [0, 0.1) is 11.3 Å². The van der Waals surface area contributed by atoms with Crippen LogP contribution < -0.4 is 0 Å². The van der Waals surface area contributed by atoms with E-state index in [2.05, 4.69) is 22.8 Å². The summed E-state index contributed by atoms with van der Waals surface area (Å²) in [4.78, 5) is 5.04. The first-order valence-corrected chi connectivity index (χ1v) is 7.19. The van der Waals surface area contributed by atoms with E-state index in [-0.39, 0.29) is 0 Å². The lowest BCUT2D eigenvalue weighted by atomic mass is 10.1. The summed E-state index contributed by atoms with van der Waals surface area (Å²) in [5.74, 6) is 0. The third-order valence-electron chi connectivity index (χ3n) is 3.59. The van der Waals surface area contributed by atoms with Gasteiger partial charge in [0.05, 0.1) is 12.7 Å². The molecule has 1 heterocycles. The molecule has 0 aromatic heterocycles. The van der Waals surface area contributed by atoms with Crippen molar-refractivity contribution in [1.82, 2.24) is 9.80 Å². The molecular formula is C14H27N3O. The quantitative estimate of drug-likeness (QED) is 0.618. The van der Waals surface area contributed by atoms with Gasteiger partial charge in [-0.15, -0.1) is 0 Å². The molecule has 0 bridgehead atoms. The maximum Gasteiger partial charge on any atom is 0.0621 e. The third-order valence-corrected chi connectivity index (χ3v) is 3.59. The van der Waals surface area contributed by atoms with Gasteiger partial charge in [-0.05, 0) is 33.2 Å². The summed E-state index contributed by atoms with van der Waals surface area (Å²) in [6, 6.07) is 2.83. The predicted molar refractivity (Wildman–Crippen MR) is 73.4 cm³/mol. The van der Waals surface area contributed by atoms with Gasteiger partial charge in [0, 0.05) is 45.2 Å². The molecule has 4 nitrogen and oxygen atoms in total. The number of hydrogen-bond acceptors (Lipinski definition) is 4. The van der Waals surface area contributed by atoms with Crippen LogP contribution in [0.15, 0.2) is 0 Å². The van der Waals surface area contributed by atoms with Gasteiger partial charge in [0.1, 0.15) is 0 Å². The molecule has 0 radical (unpaired) electrons. The zero-order chi connectivity index (χ0) is 13.2. The van der Waals surface area contributed by atoms with E-state index < -0.39 is 0 Å². The Labute approximate surface area is 112 Å². The van der Waals surface area contributed by atoms with Gasteiger partial charge in [-0.2, -0.15) is 5.26 Å². The summed E-state index contributed by atoms with van der Waals surface area (Å²) in [7, 11) is 0. The van der Waals surface area contributed by atoms with Crippen LogP contribution in [-0.2, 0) is 4.74 Å². The molecule has 0 unspecified atom stereocenters. The van der Waals surface area contributed by atoms with Crippen LogP contribution in [0.25, 0.3) is 0 Å². The van der Waals surface area contributed by atoms with E-state index in [1.165, 1.54) is 0 Å². The van der Waals surface area contributed by atoms with Gasteiger partial charge < -0.3 is 9.64 Å². The van der Waals surface area contributed by atoms with Crippen LogP contribution in [0.1, 0.15) is 33.1 Å². The molecule has 0 aromatic carbocycles. The van der Waals surface area contributed by atoms with Crippen molar-refractivity contribution >= 4 is 0 Å². The maximum atomic E-state index is 8.50. The SMILES string of the molecule is CCOCCN1CCN(CCCCC#N)C[C@H]1C. The van der Waals surface area contributed by atoms with Crippen molar-refractivity contribution in [2.24, 2.45) is 0 Å². The highest BCUT2D eigenvalue weighted by atomic mass is 16.5. The van der Waals surface area contributed by atoms with Crippen molar-refractivity contribution < 1.29 is 4.74 Å². The predicted octanol–water partition coefficient (Wildman–Crippen LogP) is 1.72. The number of nitriles is 1. The molecule has 0 aromatic rings. The van der Waals surface area contributed by atoms with Crippen molar-refractivity contribution in [2.75, 3.05) is 45.9 Å². The monoisotopic (exact) mass is 253 g/mol. The second-order valence-corrected chi connectivity index (χ2v) is 5.00. The lowest BCUT2D eigenvalue weighted by molar-refractivity contribution is 0.0489. The molecule has 1 atom stereocenters. The minimum Gasteiger partial charge on any atom is -0.380 e. The average Bonchev–Trinajstić information content (AvgIpc) is 2.37. The van der Waals surface area contributed by atoms with Gasteiger partial charge in [0.25, 0.3) is 0 Å². The standard InChI is InChI=1S/C14H27N3O/c1-3-18-12-11-17-10-9-16(13-14(17)2)8-6-4-5-7-15/h14H,3-6,8-13H2,1-2H3/t14-/m1/s1. The minimum atomic E-state index is 0.621. The van der Waals surface area contributed by atoms with Crippen molar-refractivity contribution in [2.45, 2.75) is 39.2 Å². The Balaban J connectivity index is 2.13. The lowest BCUT2D eigenvalue weighted by Gasteiger charge is -2.39. The topological polar surface area (TPSA) is 39.5 Å². The zero-order valence-electron chi connectivity index (χ0n) is 11.9. The van der Waals surface area contributed by atoms with Gasteiger partial charge in [-0.3, -0.25) is 4.90 Å². The van der Waals surface area contributed by atoms with E-state index in [1.54, 1.807) is 0 Å². The molecule has 1 rings (SSSR count). The average molecular weight is 253 g/mol. The molecule has 1 aliphatic heterocycles. The molecule has 4 heteroatoms. The molecular weight excluding hydrogens is 226 g/mol. The Morgan fingerprint density at radius 1 is 1.28 bits per heavy atom. The number of ether oxygens (including phenoxy) is 1. The summed E-state index contributed by atoms with van der Waals surface area (Å²) in [6.07, 6.45) is 2.89. The van der Waals surface area contributed by atoms with Gasteiger partial charge in [0.2, 0.25) is 0 Å². The molecule has 1 fully saturated rings. The Kier molecular flexibility index (Phi) is 7.99. The van der Waals surface area contributed by atoms with Crippen LogP contribution in [0.3, 0.4) is 0 Å². The minimum absolute atomic E-state index is 0.621. The van der Waals surface area contributed by atoms with Crippen LogP contribution in [-0.4, -0.2) is 61.8 Å². The first kappa shape index (κ1) is 15.4. The number of piperazine rings is 1. The van der Waals surface area contributed by atoms with Crippen LogP contribution in [0.4, 0.5) is 0 Å². The summed E-state index contributed by atoms with van der Waals surface area (Å²) in [6.45, 7) is 11.7. The van der Waals surface area contributed by atoms with E-state index in [4.69, 9.17) is 10.00 Å². The van der Waals surface area contributed by atoms with E-state index >= 15 is 0 Å². The fourth-order valence-electron chi connectivity index (χ4n) is 2.47. The first-order chi connectivity index (χ1) is 8.77. The Morgan fingerprint density at radius 3 is 2.78 bits per heavy atom. The lowest BCUT2D eigenvalue weighted by Crippen LogP contribution is -2.52. The highest BCUT2D eigenvalue weighted by molar-refractivity contribution is 4.79. The fraction of sp³-hybridized carbons (Fsp3) is 0.929. The molecule has 1 aliphatic rings. The van der Waals surface area contributed by atoms with Gasteiger partial charge in [-0.1, -0.05) is 0 Å². The Bertz CT molecular complexity index is 252.